The van der Waals surface area contributed by atoms with Gasteiger partial charge in [-0.1, -0.05) is 12.8 Å². The lowest BCUT2D eigenvalue weighted by Crippen LogP contribution is -2.41. The van der Waals surface area contributed by atoms with Crippen LogP contribution in [0.5, 0.6) is 5.75 Å². The molecule has 1 amide bonds. The third kappa shape index (κ3) is 3.52. The molecule has 4 nitrogen and oxygen atoms in total. The third-order valence-electron chi connectivity index (χ3n) is 3.94. The average molecular weight is 290 g/mol. The first-order chi connectivity index (χ1) is 10.1. The van der Waals surface area contributed by atoms with Gasteiger partial charge in [0.05, 0.1) is 12.6 Å². The Balaban J connectivity index is 1.84. The van der Waals surface area contributed by atoms with Crippen molar-refractivity contribution in [3.8, 4) is 11.8 Å². The van der Waals surface area contributed by atoms with Crippen molar-refractivity contribution < 1.29 is 13.9 Å². The number of nitrogens with zero attached hydrogens (tertiary/aromatic N) is 2. The molecule has 112 valence electrons. The number of nitriles is 1. The molecule has 1 aromatic carbocycles. The first-order valence-electron chi connectivity index (χ1n) is 7.13. The van der Waals surface area contributed by atoms with Crippen LogP contribution in [0.1, 0.15) is 25.7 Å². The van der Waals surface area contributed by atoms with Crippen LogP contribution >= 0.6 is 0 Å². The van der Waals surface area contributed by atoms with Crippen LogP contribution in [-0.4, -0.2) is 31.0 Å². The van der Waals surface area contributed by atoms with Crippen LogP contribution in [0.25, 0.3) is 0 Å². The number of halogens is 1. The predicted octanol–water partition coefficient (Wildman–Crippen LogP) is 2.75. The molecule has 5 heteroatoms. The zero-order valence-electron chi connectivity index (χ0n) is 12.1. The molecule has 1 aromatic rings. The predicted molar refractivity (Wildman–Crippen MR) is 76.0 cm³/mol. The highest BCUT2D eigenvalue weighted by Crippen LogP contribution is 2.38. The van der Waals surface area contributed by atoms with Gasteiger partial charge in [0.15, 0.2) is 0 Å². The number of carbonyl (C=O) groups is 1. The summed E-state index contributed by atoms with van der Waals surface area (Å²) in [5.41, 5.74) is -0.843. The van der Waals surface area contributed by atoms with Crippen molar-refractivity contribution in [3.05, 3.63) is 30.1 Å². The fourth-order valence-electron chi connectivity index (χ4n) is 2.65. The van der Waals surface area contributed by atoms with Gasteiger partial charge in [0.1, 0.15) is 23.6 Å². The lowest BCUT2D eigenvalue weighted by molar-refractivity contribution is -0.137. The van der Waals surface area contributed by atoms with Gasteiger partial charge in [-0.3, -0.25) is 4.79 Å². The van der Waals surface area contributed by atoms with Gasteiger partial charge >= 0.3 is 0 Å². The summed E-state index contributed by atoms with van der Waals surface area (Å²) in [6.45, 7) is 0.717. The van der Waals surface area contributed by atoms with E-state index in [0.717, 1.165) is 12.8 Å². The van der Waals surface area contributed by atoms with Gasteiger partial charge in [-0.05, 0) is 37.1 Å². The molecule has 0 spiro atoms. The fraction of sp³-hybridized carbons (Fsp3) is 0.500. The van der Waals surface area contributed by atoms with Crippen LogP contribution in [0.3, 0.4) is 0 Å². The number of ether oxygens (including phenoxy) is 1. The van der Waals surface area contributed by atoms with Crippen molar-refractivity contribution in [3.63, 3.8) is 0 Å². The Kier molecular flexibility index (Phi) is 4.79. The minimum absolute atomic E-state index is 0.120. The van der Waals surface area contributed by atoms with E-state index in [9.17, 15) is 14.4 Å². The number of hydrogen-bond donors (Lipinski definition) is 0. The quantitative estimate of drug-likeness (QED) is 0.838. The second kappa shape index (κ2) is 6.57. The van der Waals surface area contributed by atoms with E-state index in [1.54, 1.807) is 24.1 Å². The molecular formula is C16H19FN2O2. The van der Waals surface area contributed by atoms with E-state index in [4.69, 9.17) is 4.74 Å². The molecule has 1 aliphatic carbocycles. The number of carbonyl (C=O) groups excluding carboxylic acids is 1. The summed E-state index contributed by atoms with van der Waals surface area (Å²) in [5, 5.41) is 9.30. The molecule has 0 aliphatic heterocycles. The summed E-state index contributed by atoms with van der Waals surface area (Å²) < 4.78 is 18.2. The molecule has 0 radical (unpaired) electrons. The lowest BCUT2D eigenvalue weighted by Gasteiger charge is -2.26. The van der Waals surface area contributed by atoms with Gasteiger partial charge in [0, 0.05) is 7.05 Å². The highest BCUT2D eigenvalue weighted by atomic mass is 19.1. The zero-order chi connectivity index (χ0) is 15.3. The number of likely N-dealkylation sites (N-methyl/N-ethyl adjacent to an activating group) is 1. The molecule has 0 bridgehead atoms. The van der Waals surface area contributed by atoms with Gasteiger partial charge in [-0.25, -0.2) is 4.39 Å². The van der Waals surface area contributed by atoms with Crippen molar-refractivity contribution in [2.75, 3.05) is 20.2 Å². The van der Waals surface area contributed by atoms with Crippen LogP contribution < -0.4 is 4.74 Å². The Morgan fingerprint density at radius 3 is 2.57 bits per heavy atom. The summed E-state index contributed by atoms with van der Waals surface area (Å²) in [6, 6.07) is 7.95. The van der Waals surface area contributed by atoms with Gasteiger partial charge < -0.3 is 9.64 Å². The molecule has 1 fully saturated rings. The summed E-state index contributed by atoms with van der Waals surface area (Å²) in [5.74, 6) is 0.130. The Labute approximate surface area is 124 Å². The van der Waals surface area contributed by atoms with Gasteiger partial charge in [0.2, 0.25) is 5.91 Å². The highest BCUT2D eigenvalue weighted by Gasteiger charge is 2.43. The largest absolute Gasteiger partial charge is 0.492 e. The van der Waals surface area contributed by atoms with Crippen molar-refractivity contribution in [2.24, 2.45) is 5.41 Å². The van der Waals surface area contributed by atoms with E-state index in [0.29, 0.717) is 31.7 Å². The Morgan fingerprint density at radius 2 is 2.00 bits per heavy atom. The molecule has 0 unspecified atom stereocenters. The van der Waals surface area contributed by atoms with Crippen molar-refractivity contribution >= 4 is 5.91 Å². The minimum Gasteiger partial charge on any atom is -0.492 e. The summed E-state index contributed by atoms with van der Waals surface area (Å²) in [6.07, 6.45) is 3.15. The fourth-order valence-corrected chi connectivity index (χ4v) is 2.65. The van der Waals surface area contributed by atoms with Crippen LogP contribution in [0.2, 0.25) is 0 Å². The van der Waals surface area contributed by atoms with Gasteiger partial charge in [0.25, 0.3) is 0 Å². The Hall–Kier alpha value is -2.09. The smallest absolute Gasteiger partial charge is 0.242 e. The zero-order valence-corrected chi connectivity index (χ0v) is 12.1. The number of amides is 1. The molecule has 1 saturated carbocycles. The van der Waals surface area contributed by atoms with Crippen molar-refractivity contribution in [2.45, 2.75) is 25.7 Å². The number of hydrogen-bond acceptors (Lipinski definition) is 3. The third-order valence-corrected chi connectivity index (χ3v) is 3.94. The van der Waals surface area contributed by atoms with E-state index in [2.05, 4.69) is 6.07 Å². The molecule has 0 saturated heterocycles. The molecule has 2 rings (SSSR count). The van der Waals surface area contributed by atoms with Crippen LogP contribution in [-0.2, 0) is 4.79 Å². The molecule has 0 atom stereocenters. The number of rotatable bonds is 5. The minimum atomic E-state index is -0.843. The first kappa shape index (κ1) is 15.3. The van der Waals surface area contributed by atoms with E-state index in [-0.39, 0.29) is 11.7 Å². The molecule has 0 N–H and O–H groups in total. The topological polar surface area (TPSA) is 53.3 Å². The van der Waals surface area contributed by atoms with Crippen LogP contribution in [0.4, 0.5) is 4.39 Å². The molecule has 0 aromatic heterocycles. The van der Waals surface area contributed by atoms with Gasteiger partial charge in [-0.15, -0.1) is 0 Å². The summed E-state index contributed by atoms with van der Waals surface area (Å²) in [4.78, 5) is 13.9. The maximum absolute atomic E-state index is 12.8. The molecule has 1 aliphatic rings. The van der Waals surface area contributed by atoms with E-state index < -0.39 is 5.41 Å². The molecule has 0 heterocycles. The summed E-state index contributed by atoms with van der Waals surface area (Å²) in [7, 11) is 1.69. The van der Waals surface area contributed by atoms with E-state index in [1.165, 1.54) is 12.1 Å². The van der Waals surface area contributed by atoms with E-state index in [1.807, 2.05) is 0 Å². The normalized spacial score (nSPS) is 16.2. The summed E-state index contributed by atoms with van der Waals surface area (Å²) >= 11 is 0. The van der Waals surface area contributed by atoms with Crippen LogP contribution in [0, 0.1) is 22.6 Å². The van der Waals surface area contributed by atoms with Crippen molar-refractivity contribution in [1.82, 2.24) is 4.90 Å². The van der Waals surface area contributed by atoms with Crippen molar-refractivity contribution in [1.29, 1.82) is 5.26 Å². The van der Waals surface area contributed by atoms with Gasteiger partial charge in [-0.2, -0.15) is 5.26 Å². The highest BCUT2D eigenvalue weighted by molar-refractivity contribution is 5.85. The monoisotopic (exact) mass is 290 g/mol. The first-order valence-corrected chi connectivity index (χ1v) is 7.13. The Morgan fingerprint density at radius 1 is 1.38 bits per heavy atom. The van der Waals surface area contributed by atoms with E-state index >= 15 is 0 Å². The maximum atomic E-state index is 12.8. The molecular weight excluding hydrogens is 271 g/mol. The second-order valence-electron chi connectivity index (χ2n) is 5.43. The SMILES string of the molecule is CN(CCOc1ccc(F)cc1)C(=O)C1(C#N)CCCC1. The maximum Gasteiger partial charge on any atom is 0.242 e. The lowest BCUT2D eigenvalue weighted by atomic mass is 9.86. The average Bonchev–Trinajstić information content (AvgIpc) is 2.98. The Bertz CT molecular complexity index is 530. The number of benzene rings is 1. The second-order valence-corrected chi connectivity index (χ2v) is 5.43. The molecule has 21 heavy (non-hydrogen) atoms. The standard InChI is InChI=1S/C16H19FN2O2/c1-19(15(20)16(12-18)8-2-3-9-16)10-11-21-14-6-4-13(17)5-7-14/h4-7H,2-3,8-11H2,1H3. The van der Waals surface area contributed by atoms with Crippen LogP contribution in [0.15, 0.2) is 24.3 Å².